The van der Waals surface area contributed by atoms with Crippen LogP contribution in [0.2, 0.25) is 0 Å². The smallest absolute Gasteiger partial charge is 0.336 e. The first kappa shape index (κ1) is 14.0. The van der Waals surface area contributed by atoms with Gasteiger partial charge < -0.3 is 14.7 Å². The molecular weight excluding hydrogens is 250 g/mol. The maximum atomic E-state index is 12.2. The topological polar surface area (TPSA) is 76.1 Å². The maximum absolute atomic E-state index is 12.2. The van der Waals surface area contributed by atoms with Crippen molar-refractivity contribution in [1.82, 2.24) is 5.06 Å². The molecule has 6 nitrogen and oxygen atoms in total. The third-order valence-corrected chi connectivity index (χ3v) is 3.55. The highest BCUT2D eigenvalue weighted by Crippen LogP contribution is 2.39. The predicted octanol–water partition coefficient (Wildman–Crippen LogP) is 1.03. The van der Waals surface area contributed by atoms with E-state index in [2.05, 4.69) is 0 Å². The number of cyclic esters (lactones) is 1. The standard InChI is InChI=1S/C13H19NO5/c1-12(2)6-9(13(3,4)14(12)17)11(16)19-8-5-10(15)18-7-8/h6,8,17H,5,7H2,1-4H3/t8-/m0/s1. The minimum Gasteiger partial charge on any atom is -0.462 e. The number of carbonyl (C=O) groups is 2. The van der Waals surface area contributed by atoms with Crippen LogP contribution in [0.4, 0.5) is 0 Å². The van der Waals surface area contributed by atoms with Crippen LogP contribution in [-0.2, 0) is 19.1 Å². The number of hydrogen-bond acceptors (Lipinski definition) is 6. The summed E-state index contributed by atoms with van der Waals surface area (Å²) in [4.78, 5) is 23.1. The van der Waals surface area contributed by atoms with Gasteiger partial charge in [0.1, 0.15) is 12.7 Å². The lowest BCUT2D eigenvalue weighted by molar-refractivity contribution is -0.188. The molecule has 106 valence electrons. The van der Waals surface area contributed by atoms with Crippen LogP contribution in [0.5, 0.6) is 0 Å². The summed E-state index contributed by atoms with van der Waals surface area (Å²) in [5, 5.41) is 11.2. The highest BCUT2D eigenvalue weighted by Gasteiger charge is 2.48. The van der Waals surface area contributed by atoms with Gasteiger partial charge in [-0.15, -0.1) is 0 Å². The second kappa shape index (κ2) is 4.31. The molecule has 0 amide bonds. The first-order valence-corrected chi connectivity index (χ1v) is 6.24. The molecule has 2 aliphatic rings. The second-order valence-corrected chi connectivity index (χ2v) is 6.00. The van der Waals surface area contributed by atoms with Crippen molar-refractivity contribution in [3.63, 3.8) is 0 Å². The van der Waals surface area contributed by atoms with E-state index >= 15 is 0 Å². The van der Waals surface area contributed by atoms with Gasteiger partial charge in [0, 0.05) is 0 Å². The van der Waals surface area contributed by atoms with Gasteiger partial charge in [-0.3, -0.25) is 4.79 Å². The molecule has 2 rings (SSSR count). The Morgan fingerprint density at radius 1 is 1.47 bits per heavy atom. The number of nitrogens with zero attached hydrogens (tertiary/aromatic N) is 1. The maximum Gasteiger partial charge on any atom is 0.336 e. The van der Waals surface area contributed by atoms with Crippen LogP contribution < -0.4 is 0 Å². The Morgan fingerprint density at radius 2 is 2.11 bits per heavy atom. The van der Waals surface area contributed by atoms with E-state index in [1.54, 1.807) is 33.8 Å². The zero-order valence-corrected chi connectivity index (χ0v) is 11.6. The van der Waals surface area contributed by atoms with Crippen molar-refractivity contribution in [2.45, 2.75) is 51.3 Å². The summed E-state index contributed by atoms with van der Waals surface area (Å²) in [5.74, 6) is -0.875. The lowest BCUT2D eigenvalue weighted by Crippen LogP contribution is -2.48. The summed E-state index contributed by atoms with van der Waals surface area (Å²) in [6, 6.07) is 0. The minimum atomic E-state index is -0.829. The lowest BCUT2D eigenvalue weighted by Gasteiger charge is -2.35. The normalized spacial score (nSPS) is 29.0. The molecule has 1 N–H and O–H groups in total. The van der Waals surface area contributed by atoms with Crippen molar-refractivity contribution in [1.29, 1.82) is 0 Å². The highest BCUT2D eigenvalue weighted by atomic mass is 16.6. The van der Waals surface area contributed by atoms with E-state index in [4.69, 9.17) is 9.47 Å². The molecule has 0 radical (unpaired) electrons. The van der Waals surface area contributed by atoms with E-state index in [-0.39, 0.29) is 19.0 Å². The van der Waals surface area contributed by atoms with E-state index in [1.807, 2.05) is 0 Å². The van der Waals surface area contributed by atoms with Crippen molar-refractivity contribution in [3.05, 3.63) is 11.6 Å². The molecule has 0 aliphatic carbocycles. The van der Waals surface area contributed by atoms with E-state index in [1.165, 1.54) is 0 Å². The molecule has 0 unspecified atom stereocenters. The number of rotatable bonds is 2. The van der Waals surface area contributed by atoms with Gasteiger partial charge in [0.05, 0.1) is 23.1 Å². The largest absolute Gasteiger partial charge is 0.462 e. The third kappa shape index (κ3) is 2.37. The number of esters is 2. The quantitative estimate of drug-likeness (QED) is 0.755. The van der Waals surface area contributed by atoms with Gasteiger partial charge in [0.15, 0.2) is 0 Å². The van der Waals surface area contributed by atoms with Crippen LogP contribution in [0, 0.1) is 0 Å². The van der Waals surface area contributed by atoms with Crippen molar-refractivity contribution >= 4 is 11.9 Å². The van der Waals surface area contributed by atoms with Crippen molar-refractivity contribution < 1.29 is 24.3 Å². The molecular formula is C13H19NO5. The highest BCUT2D eigenvalue weighted by molar-refractivity contribution is 5.92. The molecule has 19 heavy (non-hydrogen) atoms. The number of carbonyl (C=O) groups excluding carboxylic acids is 2. The minimum absolute atomic E-state index is 0.0890. The monoisotopic (exact) mass is 269 g/mol. The average Bonchev–Trinajstić information content (AvgIpc) is 2.75. The average molecular weight is 269 g/mol. The van der Waals surface area contributed by atoms with Crippen LogP contribution in [0.3, 0.4) is 0 Å². The van der Waals surface area contributed by atoms with Gasteiger partial charge in [0.25, 0.3) is 0 Å². The summed E-state index contributed by atoms with van der Waals surface area (Å²) in [6.07, 6.45) is 1.24. The van der Waals surface area contributed by atoms with Gasteiger partial charge in [-0.25, -0.2) is 4.79 Å². The fourth-order valence-electron chi connectivity index (χ4n) is 2.51. The van der Waals surface area contributed by atoms with Gasteiger partial charge >= 0.3 is 11.9 Å². The Labute approximate surface area is 111 Å². The number of hydroxylamine groups is 2. The SMILES string of the molecule is CC1(C)C=C(C(=O)O[C@@H]2COC(=O)C2)C(C)(C)N1O. The van der Waals surface area contributed by atoms with Crippen molar-refractivity contribution in [3.8, 4) is 0 Å². The van der Waals surface area contributed by atoms with Crippen molar-refractivity contribution in [2.24, 2.45) is 0 Å². The molecule has 1 atom stereocenters. The third-order valence-electron chi connectivity index (χ3n) is 3.55. The predicted molar refractivity (Wildman–Crippen MR) is 65.3 cm³/mol. The summed E-state index contributed by atoms with van der Waals surface area (Å²) in [5.41, 5.74) is -1.08. The Kier molecular flexibility index (Phi) is 3.18. The van der Waals surface area contributed by atoms with Crippen LogP contribution >= 0.6 is 0 Å². The molecule has 1 fully saturated rings. The molecule has 0 bridgehead atoms. The summed E-state index contributed by atoms with van der Waals surface area (Å²) < 4.78 is 10.00. The van der Waals surface area contributed by atoms with Crippen LogP contribution in [0.25, 0.3) is 0 Å². The number of hydrogen-bond donors (Lipinski definition) is 1. The molecule has 2 aliphatic heterocycles. The zero-order valence-electron chi connectivity index (χ0n) is 11.6. The van der Waals surface area contributed by atoms with Gasteiger partial charge in [-0.05, 0) is 27.7 Å². The fourth-order valence-corrected chi connectivity index (χ4v) is 2.51. The molecule has 0 aromatic carbocycles. The Hall–Kier alpha value is -1.40. The van der Waals surface area contributed by atoms with E-state index < -0.39 is 23.2 Å². The van der Waals surface area contributed by atoms with Crippen molar-refractivity contribution in [2.75, 3.05) is 6.61 Å². The molecule has 0 saturated carbocycles. The van der Waals surface area contributed by atoms with Crippen LogP contribution in [0.1, 0.15) is 34.1 Å². The molecule has 1 saturated heterocycles. The number of ether oxygens (including phenoxy) is 2. The van der Waals surface area contributed by atoms with Gasteiger partial charge in [-0.2, -0.15) is 5.06 Å². The van der Waals surface area contributed by atoms with Gasteiger partial charge in [0.2, 0.25) is 0 Å². The molecule has 6 heteroatoms. The second-order valence-electron chi connectivity index (χ2n) is 6.00. The molecule has 0 aromatic rings. The van der Waals surface area contributed by atoms with Gasteiger partial charge in [-0.1, -0.05) is 6.08 Å². The molecule has 2 heterocycles. The molecule has 0 spiro atoms. The Bertz CT molecular complexity index is 452. The first-order valence-electron chi connectivity index (χ1n) is 6.24. The Balaban J connectivity index is 2.13. The van der Waals surface area contributed by atoms with E-state index in [0.29, 0.717) is 5.57 Å². The van der Waals surface area contributed by atoms with E-state index in [9.17, 15) is 14.8 Å². The van der Waals surface area contributed by atoms with Crippen LogP contribution in [0.15, 0.2) is 11.6 Å². The summed E-state index contributed by atoms with van der Waals surface area (Å²) in [7, 11) is 0. The molecule has 0 aromatic heterocycles. The zero-order chi connectivity index (χ0) is 14.4. The summed E-state index contributed by atoms with van der Waals surface area (Å²) in [6.45, 7) is 7.19. The first-order chi connectivity index (χ1) is 8.64. The lowest BCUT2D eigenvalue weighted by atomic mass is 9.97. The van der Waals surface area contributed by atoms with Crippen LogP contribution in [-0.4, -0.2) is 46.0 Å². The fraction of sp³-hybridized carbons (Fsp3) is 0.692. The summed E-state index contributed by atoms with van der Waals surface area (Å²) >= 11 is 0. The van der Waals surface area contributed by atoms with E-state index in [0.717, 1.165) is 5.06 Å². The Morgan fingerprint density at radius 3 is 2.53 bits per heavy atom.